The second kappa shape index (κ2) is 16.2. The van der Waals surface area contributed by atoms with Crippen LogP contribution in [-0.4, -0.2) is 23.5 Å². The fraction of sp³-hybridized carbons (Fsp3) is 0.810. The number of nitrogens with one attached hydrogen (secondary N) is 1. The van der Waals surface area contributed by atoms with Gasteiger partial charge in [0.05, 0.1) is 0 Å². The first-order valence-corrected chi connectivity index (χ1v) is 10.1. The minimum atomic E-state index is -1.06. The molecule has 0 heterocycles. The summed E-state index contributed by atoms with van der Waals surface area (Å²) in [5.74, 6) is -0.256. The third kappa shape index (κ3) is 15.9. The summed E-state index contributed by atoms with van der Waals surface area (Å²) in [7, 11) is 0. The minimum Gasteiger partial charge on any atom is -0.478 e. The highest BCUT2D eigenvalue weighted by molar-refractivity contribution is 5.87. The molecule has 0 saturated carbocycles. The van der Waals surface area contributed by atoms with Gasteiger partial charge in [-0.05, 0) is 12.3 Å². The number of rotatable bonds is 17. The Balaban J connectivity index is 3.27. The highest BCUT2D eigenvalue weighted by Crippen LogP contribution is 2.15. The van der Waals surface area contributed by atoms with Crippen LogP contribution >= 0.6 is 0 Å². The van der Waals surface area contributed by atoms with E-state index >= 15 is 0 Å². The molecule has 0 spiro atoms. The fourth-order valence-electron chi connectivity index (χ4n) is 2.77. The molecule has 1 atom stereocenters. The molecule has 1 unspecified atom stereocenters. The van der Waals surface area contributed by atoms with E-state index in [9.17, 15) is 9.59 Å². The molecule has 0 aliphatic carbocycles. The predicted octanol–water partition coefficient (Wildman–Crippen LogP) is 5.47. The maximum Gasteiger partial charge on any atom is 0.332 e. The number of carboxylic acids is 1. The zero-order chi connectivity index (χ0) is 18.9. The van der Waals surface area contributed by atoms with Gasteiger partial charge in [0.15, 0.2) is 0 Å². The van der Waals surface area contributed by atoms with E-state index in [1.807, 2.05) is 0 Å². The number of carbonyl (C=O) groups excluding carboxylic acids is 1. The Morgan fingerprint density at radius 3 is 1.88 bits per heavy atom. The van der Waals surface area contributed by atoms with Crippen molar-refractivity contribution in [3.8, 4) is 0 Å². The van der Waals surface area contributed by atoms with Crippen LogP contribution in [-0.2, 0) is 9.59 Å². The average Bonchev–Trinajstić information content (AvgIpc) is 2.59. The molecular weight excluding hydrogens is 314 g/mol. The minimum absolute atomic E-state index is 0.0215. The number of unbranched alkanes of at least 4 members (excludes halogenated alkanes) is 9. The molecule has 0 aromatic heterocycles. The Labute approximate surface area is 154 Å². The Bertz CT molecular complexity index is 379. The molecule has 0 fully saturated rings. The lowest BCUT2D eigenvalue weighted by atomic mass is 9.99. The maximum absolute atomic E-state index is 11.5. The van der Waals surface area contributed by atoms with E-state index in [-0.39, 0.29) is 18.0 Å². The Hall–Kier alpha value is -1.32. The second-order valence-electron chi connectivity index (χ2n) is 7.27. The lowest BCUT2D eigenvalue weighted by molar-refractivity contribution is -0.132. The van der Waals surface area contributed by atoms with Crippen LogP contribution in [0.1, 0.15) is 97.3 Å². The molecule has 146 valence electrons. The molecule has 4 nitrogen and oxygen atoms in total. The number of amides is 1. The Morgan fingerprint density at radius 2 is 1.40 bits per heavy atom. The zero-order valence-corrected chi connectivity index (χ0v) is 16.4. The van der Waals surface area contributed by atoms with E-state index in [0.717, 1.165) is 18.8 Å². The van der Waals surface area contributed by atoms with E-state index in [4.69, 9.17) is 5.11 Å². The first-order chi connectivity index (χ1) is 12.0. The zero-order valence-electron chi connectivity index (χ0n) is 16.4. The van der Waals surface area contributed by atoms with Crippen molar-refractivity contribution in [1.29, 1.82) is 0 Å². The maximum atomic E-state index is 11.5. The number of hydrogen-bond acceptors (Lipinski definition) is 2. The molecule has 25 heavy (non-hydrogen) atoms. The van der Waals surface area contributed by atoms with Crippen LogP contribution in [0.15, 0.2) is 12.2 Å². The van der Waals surface area contributed by atoms with Crippen LogP contribution < -0.4 is 5.32 Å². The van der Waals surface area contributed by atoms with Gasteiger partial charge in [-0.25, -0.2) is 4.79 Å². The third-order valence-electron chi connectivity index (χ3n) is 4.85. The standard InChI is InChI=1S/C21H39NO3/c1-4-18(2)15-13-11-9-7-5-6-8-10-12-14-16-20(23)22-17-19(3)21(24)25/h18H,3-17H2,1-2H3,(H,22,23)(H,24,25). The molecule has 0 aliphatic heterocycles. The van der Waals surface area contributed by atoms with Crippen molar-refractivity contribution in [1.82, 2.24) is 5.32 Å². The van der Waals surface area contributed by atoms with Gasteiger partial charge < -0.3 is 10.4 Å². The van der Waals surface area contributed by atoms with Crippen LogP contribution in [0.5, 0.6) is 0 Å². The van der Waals surface area contributed by atoms with E-state index in [2.05, 4.69) is 25.7 Å². The first kappa shape index (κ1) is 23.7. The molecule has 0 aliphatic rings. The average molecular weight is 354 g/mol. The summed E-state index contributed by atoms with van der Waals surface area (Å²) in [6.07, 6.45) is 15.7. The molecule has 4 heteroatoms. The van der Waals surface area contributed by atoms with Gasteiger partial charge in [0.25, 0.3) is 0 Å². The van der Waals surface area contributed by atoms with Gasteiger partial charge in [-0.3, -0.25) is 4.79 Å². The van der Waals surface area contributed by atoms with Gasteiger partial charge in [-0.15, -0.1) is 0 Å². The Morgan fingerprint density at radius 1 is 0.920 bits per heavy atom. The van der Waals surface area contributed by atoms with E-state index in [1.54, 1.807) is 0 Å². The van der Waals surface area contributed by atoms with Gasteiger partial charge in [0.2, 0.25) is 5.91 Å². The van der Waals surface area contributed by atoms with Crippen molar-refractivity contribution in [2.45, 2.75) is 97.3 Å². The molecule has 0 bridgehead atoms. The normalized spacial score (nSPS) is 11.9. The number of carboxylic acid groups (broad SMARTS) is 1. The highest BCUT2D eigenvalue weighted by Gasteiger charge is 2.06. The number of carbonyl (C=O) groups is 2. The highest BCUT2D eigenvalue weighted by atomic mass is 16.4. The van der Waals surface area contributed by atoms with Gasteiger partial charge in [0, 0.05) is 18.5 Å². The topological polar surface area (TPSA) is 66.4 Å². The molecule has 0 saturated heterocycles. The molecule has 1 amide bonds. The molecule has 0 aromatic carbocycles. The second-order valence-corrected chi connectivity index (χ2v) is 7.27. The smallest absolute Gasteiger partial charge is 0.332 e. The van der Waals surface area contributed by atoms with Crippen LogP contribution in [0, 0.1) is 5.92 Å². The molecule has 0 aromatic rings. The lowest BCUT2D eigenvalue weighted by Gasteiger charge is -2.07. The van der Waals surface area contributed by atoms with E-state index in [0.29, 0.717) is 6.42 Å². The van der Waals surface area contributed by atoms with Crippen molar-refractivity contribution in [2.75, 3.05) is 6.54 Å². The first-order valence-electron chi connectivity index (χ1n) is 10.1. The summed E-state index contributed by atoms with van der Waals surface area (Å²) in [5, 5.41) is 11.2. The molecule has 0 rings (SSSR count). The molecule has 0 radical (unpaired) electrons. The summed E-state index contributed by atoms with van der Waals surface area (Å²) < 4.78 is 0. The number of hydrogen-bond donors (Lipinski definition) is 2. The summed E-state index contributed by atoms with van der Waals surface area (Å²) in [6, 6.07) is 0. The van der Waals surface area contributed by atoms with E-state index < -0.39 is 5.97 Å². The van der Waals surface area contributed by atoms with Crippen molar-refractivity contribution >= 4 is 11.9 Å². The van der Waals surface area contributed by atoms with Crippen molar-refractivity contribution in [2.24, 2.45) is 5.92 Å². The predicted molar refractivity (Wildman–Crippen MR) is 105 cm³/mol. The fourth-order valence-corrected chi connectivity index (χ4v) is 2.77. The number of aliphatic carboxylic acids is 1. The summed E-state index contributed by atoms with van der Waals surface area (Å²) in [6.45, 7) is 8.03. The van der Waals surface area contributed by atoms with Crippen molar-refractivity contribution in [3.63, 3.8) is 0 Å². The summed E-state index contributed by atoms with van der Waals surface area (Å²) >= 11 is 0. The quantitative estimate of drug-likeness (QED) is 0.269. The SMILES string of the molecule is C=C(CNC(=O)CCCCCCCCCCCCC(C)CC)C(=O)O. The van der Waals surface area contributed by atoms with Crippen LogP contribution in [0.25, 0.3) is 0 Å². The van der Waals surface area contributed by atoms with Crippen LogP contribution in [0.4, 0.5) is 0 Å². The van der Waals surface area contributed by atoms with Gasteiger partial charge in [-0.1, -0.05) is 91.1 Å². The van der Waals surface area contributed by atoms with Gasteiger partial charge >= 0.3 is 5.97 Å². The third-order valence-corrected chi connectivity index (χ3v) is 4.85. The summed E-state index contributed by atoms with van der Waals surface area (Å²) in [5.41, 5.74) is 0.0215. The molecular formula is C21H39NO3. The largest absolute Gasteiger partial charge is 0.478 e. The Kier molecular flexibility index (Phi) is 15.3. The molecule has 2 N–H and O–H groups in total. The van der Waals surface area contributed by atoms with E-state index in [1.165, 1.54) is 64.2 Å². The van der Waals surface area contributed by atoms with Crippen molar-refractivity contribution < 1.29 is 14.7 Å². The lowest BCUT2D eigenvalue weighted by Crippen LogP contribution is -2.27. The van der Waals surface area contributed by atoms with Crippen molar-refractivity contribution in [3.05, 3.63) is 12.2 Å². The summed E-state index contributed by atoms with van der Waals surface area (Å²) in [4.78, 5) is 22.1. The van der Waals surface area contributed by atoms with Crippen LogP contribution in [0.3, 0.4) is 0 Å². The monoisotopic (exact) mass is 353 g/mol. The van der Waals surface area contributed by atoms with Gasteiger partial charge in [-0.2, -0.15) is 0 Å². The van der Waals surface area contributed by atoms with Crippen LogP contribution in [0.2, 0.25) is 0 Å². The van der Waals surface area contributed by atoms with Gasteiger partial charge in [0.1, 0.15) is 0 Å².